The number of imidazole rings is 1. The van der Waals surface area contributed by atoms with Crippen molar-refractivity contribution in [2.45, 2.75) is 75.7 Å². The molecule has 12 heteroatoms. The van der Waals surface area contributed by atoms with E-state index in [4.69, 9.17) is 15.5 Å². The Hall–Kier alpha value is -3.41. The molecule has 0 bridgehead atoms. The highest BCUT2D eigenvalue weighted by Crippen LogP contribution is 2.40. The highest BCUT2D eigenvalue weighted by Gasteiger charge is 2.43. The Morgan fingerprint density at radius 3 is 2.70 bits per heavy atom. The number of hydrogen-bond donors (Lipinski definition) is 3. The number of carbonyl (C=O) groups excluding carboxylic acids is 1. The first-order valence-corrected chi connectivity index (χ1v) is 12.5. The van der Waals surface area contributed by atoms with Gasteiger partial charge < -0.3 is 21.1 Å². The normalized spacial score (nSPS) is 22.1. The third-order valence-electron chi connectivity index (χ3n) is 7.23. The van der Waals surface area contributed by atoms with E-state index < -0.39 is 23.2 Å². The lowest BCUT2D eigenvalue weighted by atomic mass is 9.80. The Morgan fingerprint density at radius 2 is 2.00 bits per heavy atom. The van der Waals surface area contributed by atoms with Gasteiger partial charge in [-0.1, -0.05) is 25.3 Å². The van der Waals surface area contributed by atoms with Gasteiger partial charge in [-0.25, -0.2) is 9.97 Å². The molecule has 37 heavy (non-hydrogen) atoms. The number of hydrogen-bond acceptors (Lipinski definition) is 7. The van der Waals surface area contributed by atoms with Crippen molar-refractivity contribution < 1.29 is 22.7 Å². The molecule has 198 valence electrons. The van der Waals surface area contributed by atoms with Gasteiger partial charge in [0.15, 0.2) is 5.65 Å². The molecule has 3 heterocycles. The van der Waals surface area contributed by atoms with Gasteiger partial charge in [0.05, 0.1) is 17.9 Å². The topological polar surface area (TPSA) is 120 Å². The lowest BCUT2D eigenvalue weighted by Gasteiger charge is -2.36. The summed E-state index contributed by atoms with van der Waals surface area (Å²) < 4.78 is 47.3. The molecule has 1 amide bonds. The summed E-state index contributed by atoms with van der Waals surface area (Å²) in [7, 11) is 0. The Morgan fingerprint density at radius 1 is 1.22 bits per heavy atom. The maximum absolute atomic E-state index is 13.3. The minimum absolute atomic E-state index is 0.115. The van der Waals surface area contributed by atoms with E-state index in [0.29, 0.717) is 36.6 Å². The van der Waals surface area contributed by atoms with E-state index in [1.807, 2.05) is 6.92 Å². The molecule has 9 nitrogen and oxygen atoms in total. The largest absolute Gasteiger partial charge is 0.416 e. The monoisotopic (exact) mass is 517 g/mol. The summed E-state index contributed by atoms with van der Waals surface area (Å²) in [5.41, 5.74) is 5.08. The van der Waals surface area contributed by atoms with Crippen molar-refractivity contribution in [3.8, 4) is 0 Å². The van der Waals surface area contributed by atoms with E-state index in [9.17, 15) is 18.0 Å². The highest BCUT2D eigenvalue weighted by atomic mass is 19.4. The van der Waals surface area contributed by atoms with Crippen LogP contribution in [-0.2, 0) is 21.2 Å². The molecule has 5 rings (SSSR count). The molecule has 2 fully saturated rings. The van der Waals surface area contributed by atoms with Gasteiger partial charge in [-0.2, -0.15) is 18.2 Å². The third kappa shape index (κ3) is 5.07. The second kappa shape index (κ2) is 9.81. The van der Waals surface area contributed by atoms with E-state index in [2.05, 4.69) is 20.6 Å². The van der Waals surface area contributed by atoms with Crippen molar-refractivity contribution in [2.24, 2.45) is 5.73 Å². The number of amides is 1. The Kier molecular flexibility index (Phi) is 6.69. The van der Waals surface area contributed by atoms with E-state index in [1.54, 1.807) is 10.8 Å². The van der Waals surface area contributed by atoms with Crippen molar-refractivity contribution in [3.63, 3.8) is 0 Å². The minimum Gasteiger partial charge on any atom is -0.378 e. The molecule has 4 N–H and O–H groups in total. The number of halogens is 3. The molecule has 2 aromatic heterocycles. The van der Waals surface area contributed by atoms with Crippen LogP contribution in [0, 0.1) is 0 Å². The number of nitrogens with one attached hydrogen (secondary N) is 2. The molecular weight excluding hydrogens is 487 g/mol. The number of benzene rings is 1. The van der Waals surface area contributed by atoms with Crippen LogP contribution in [0.15, 0.2) is 30.5 Å². The zero-order valence-electron chi connectivity index (χ0n) is 20.5. The third-order valence-corrected chi connectivity index (χ3v) is 7.23. The van der Waals surface area contributed by atoms with Crippen LogP contribution >= 0.6 is 0 Å². The predicted octanol–water partition coefficient (Wildman–Crippen LogP) is 4.71. The fraction of sp³-hybridized carbons (Fsp3) is 0.520. The molecule has 2 aliphatic rings. The fourth-order valence-electron chi connectivity index (χ4n) is 5.36. The van der Waals surface area contributed by atoms with Gasteiger partial charge in [-0.15, -0.1) is 0 Å². The number of anilines is 3. The van der Waals surface area contributed by atoms with Crippen LogP contribution in [0.5, 0.6) is 0 Å². The highest BCUT2D eigenvalue weighted by molar-refractivity contribution is 5.87. The van der Waals surface area contributed by atoms with Crippen molar-refractivity contribution in [1.82, 2.24) is 19.5 Å². The molecule has 0 unspecified atom stereocenters. The smallest absolute Gasteiger partial charge is 0.378 e. The predicted molar refractivity (Wildman–Crippen MR) is 132 cm³/mol. The van der Waals surface area contributed by atoms with Crippen LogP contribution in [0.1, 0.15) is 57.4 Å². The number of ether oxygens (including phenoxy) is 1. The van der Waals surface area contributed by atoms with Gasteiger partial charge in [-0.05, 0) is 50.8 Å². The fourth-order valence-corrected chi connectivity index (χ4v) is 5.36. The summed E-state index contributed by atoms with van der Waals surface area (Å²) in [6.07, 6.45) is 2.26. The number of nitrogens with two attached hydrogens (primary N) is 1. The molecule has 0 spiro atoms. The first-order valence-electron chi connectivity index (χ1n) is 12.5. The Bertz CT molecular complexity index is 1290. The molecule has 0 radical (unpaired) electrons. The Labute approximate surface area is 212 Å². The standard InChI is InChI=1S/C25H30F3N7O2/c1-15-12-18(8-11-37-15)31-22-30-14-19-20(34-22)35(24(21(29)36)9-3-2-4-10-24)23(33-19)32-17-7-5-6-16(13-17)25(26,27)28/h5-7,13-15,18H,2-4,8-12H2,1H3,(H2,29,36)(H,32,33)(H,30,31,34)/t15-,18-/m0/s1. The average molecular weight is 518 g/mol. The van der Waals surface area contributed by atoms with Crippen molar-refractivity contribution >= 4 is 34.7 Å². The molecule has 1 aromatic carbocycles. The van der Waals surface area contributed by atoms with Crippen LogP contribution < -0.4 is 16.4 Å². The Balaban J connectivity index is 1.59. The first kappa shape index (κ1) is 25.2. The van der Waals surface area contributed by atoms with Gasteiger partial charge in [0.25, 0.3) is 0 Å². The van der Waals surface area contributed by atoms with Crippen molar-refractivity contribution in [1.29, 1.82) is 0 Å². The first-order chi connectivity index (χ1) is 17.7. The molecule has 1 saturated heterocycles. The summed E-state index contributed by atoms with van der Waals surface area (Å²) in [5, 5.41) is 6.35. The van der Waals surface area contributed by atoms with E-state index in [0.717, 1.165) is 44.2 Å². The second-order valence-electron chi connectivity index (χ2n) is 9.88. The zero-order chi connectivity index (χ0) is 26.2. The van der Waals surface area contributed by atoms with Crippen molar-refractivity contribution in [3.05, 3.63) is 36.0 Å². The summed E-state index contributed by atoms with van der Waals surface area (Å²) >= 11 is 0. The van der Waals surface area contributed by atoms with E-state index >= 15 is 0 Å². The molecule has 3 aromatic rings. The molecule has 1 aliphatic carbocycles. The second-order valence-corrected chi connectivity index (χ2v) is 9.88. The van der Waals surface area contributed by atoms with Gasteiger partial charge >= 0.3 is 6.18 Å². The lowest BCUT2D eigenvalue weighted by Crippen LogP contribution is -2.48. The maximum Gasteiger partial charge on any atom is 0.416 e. The van der Waals surface area contributed by atoms with Crippen LogP contribution in [0.3, 0.4) is 0 Å². The number of aromatic nitrogens is 4. The van der Waals surface area contributed by atoms with E-state index in [-0.39, 0.29) is 23.8 Å². The number of primary amides is 1. The summed E-state index contributed by atoms with van der Waals surface area (Å²) in [4.78, 5) is 26.7. The molecular formula is C25H30F3N7O2. The van der Waals surface area contributed by atoms with Crippen LogP contribution in [0.4, 0.5) is 30.8 Å². The average Bonchev–Trinajstić information content (AvgIpc) is 3.21. The number of carbonyl (C=O) groups is 1. The lowest BCUT2D eigenvalue weighted by molar-refractivity contribution is -0.137. The van der Waals surface area contributed by atoms with E-state index in [1.165, 1.54) is 12.1 Å². The van der Waals surface area contributed by atoms with Gasteiger partial charge in [0.2, 0.25) is 17.8 Å². The van der Waals surface area contributed by atoms with Gasteiger partial charge in [-0.3, -0.25) is 9.36 Å². The molecule has 1 saturated carbocycles. The SMILES string of the molecule is C[C@H]1C[C@@H](Nc2ncc3nc(Nc4cccc(C(F)(F)F)c4)n(C4(C(N)=O)CCCCC4)c3n2)CCO1. The molecule has 2 atom stereocenters. The summed E-state index contributed by atoms with van der Waals surface area (Å²) in [6, 6.07) is 4.97. The number of alkyl halides is 3. The van der Waals surface area contributed by atoms with Crippen LogP contribution in [0.2, 0.25) is 0 Å². The maximum atomic E-state index is 13.3. The zero-order valence-corrected chi connectivity index (χ0v) is 20.5. The number of rotatable bonds is 6. The molecule has 1 aliphatic heterocycles. The van der Waals surface area contributed by atoms with Crippen molar-refractivity contribution in [2.75, 3.05) is 17.2 Å². The quantitative estimate of drug-likeness (QED) is 0.433. The summed E-state index contributed by atoms with van der Waals surface area (Å²) in [5.74, 6) is 0.0555. The number of nitrogens with zero attached hydrogens (tertiary/aromatic N) is 4. The van der Waals surface area contributed by atoms with Crippen LogP contribution in [-0.4, -0.2) is 44.2 Å². The van der Waals surface area contributed by atoms with Crippen LogP contribution in [0.25, 0.3) is 11.2 Å². The summed E-state index contributed by atoms with van der Waals surface area (Å²) in [6.45, 7) is 2.65. The minimum atomic E-state index is -4.50. The van der Waals surface area contributed by atoms with Gasteiger partial charge in [0, 0.05) is 18.3 Å². The number of fused-ring (bicyclic) bond motifs is 1. The van der Waals surface area contributed by atoms with Gasteiger partial charge in [0.1, 0.15) is 11.1 Å².